The first-order valence-corrected chi connectivity index (χ1v) is 11.1. The molecule has 1 fully saturated rings. The quantitative estimate of drug-likeness (QED) is 0.314. The molecule has 0 aromatic heterocycles. The monoisotopic (exact) mass is 422 g/mol. The van der Waals surface area contributed by atoms with Crippen LogP contribution in [-0.2, 0) is 14.2 Å². The van der Waals surface area contributed by atoms with Gasteiger partial charge in [-0.15, -0.1) is 0 Å². The molecule has 2 unspecified atom stereocenters. The number of nitrogens with two attached hydrogens (primary N) is 1. The zero-order chi connectivity index (χ0) is 20.6. The van der Waals surface area contributed by atoms with Gasteiger partial charge < -0.3 is 26.9 Å². The Bertz CT molecular complexity index is 514. The summed E-state index contributed by atoms with van der Waals surface area (Å²) >= 11 is 0. The van der Waals surface area contributed by atoms with Crippen LogP contribution in [0.25, 0.3) is 0 Å². The van der Waals surface area contributed by atoms with Gasteiger partial charge in [0.25, 0.3) is 0 Å². The lowest BCUT2D eigenvalue weighted by Gasteiger charge is -2.24. The van der Waals surface area contributed by atoms with Crippen molar-refractivity contribution < 1.29 is 29.6 Å². The second-order valence-corrected chi connectivity index (χ2v) is 9.17. The van der Waals surface area contributed by atoms with Crippen LogP contribution in [0, 0.1) is 11.8 Å². The Morgan fingerprint density at radius 2 is 1.71 bits per heavy atom. The summed E-state index contributed by atoms with van der Waals surface area (Å²) in [6.07, 6.45) is 4.33. The SMILES string of the molecule is CC(C)[C@H](N)C(=O)N[C@@H](C)C(=O)NC[C@H](O)CC(C1CCCCC1)[P+](=O)O.O. The molecule has 0 spiro atoms. The van der Waals surface area contributed by atoms with Gasteiger partial charge in [-0.05, 0) is 30.2 Å². The number of rotatable bonds is 10. The summed E-state index contributed by atoms with van der Waals surface area (Å²) in [5.41, 5.74) is 5.30. The molecule has 0 bridgehead atoms. The van der Waals surface area contributed by atoms with Crippen LogP contribution in [0.2, 0.25) is 0 Å². The van der Waals surface area contributed by atoms with Crippen LogP contribution in [-0.4, -0.2) is 57.7 Å². The van der Waals surface area contributed by atoms with E-state index >= 15 is 0 Å². The van der Waals surface area contributed by atoms with Crippen LogP contribution in [0.1, 0.15) is 59.3 Å². The molecule has 2 amide bonds. The second kappa shape index (κ2) is 13.2. The number of carbonyl (C=O) groups excluding carboxylic acids is 2. The van der Waals surface area contributed by atoms with Crippen molar-refractivity contribution in [1.82, 2.24) is 10.6 Å². The molecule has 0 radical (unpaired) electrons. The van der Waals surface area contributed by atoms with E-state index in [1.165, 1.54) is 0 Å². The maximum atomic E-state index is 12.1. The number of amides is 2. The average molecular weight is 422 g/mol. The van der Waals surface area contributed by atoms with Gasteiger partial charge in [-0.25, -0.2) is 0 Å². The largest absolute Gasteiger partial charge is 0.509 e. The van der Waals surface area contributed by atoms with Crippen molar-refractivity contribution in [1.29, 1.82) is 0 Å². The lowest BCUT2D eigenvalue weighted by atomic mass is 9.85. The first-order chi connectivity index (χ1) is 12.6. The Morgan fingerprint density at radius 1 is 1.14 bits per heavy atom. The predicted octanol–water partition coefficient (Wildman–Crippen LogP) is 0.201. The number of hydrogen-bond donors (Lipinski definition) is 5. The van der Waals surface area contributed by atoms with Gasteiger partial charge in [-0.2, -0.15) is 4.89 Å². The van der Waals surface area contributed by atoms with Gasteiger partial charge in [0.1, 0.15) is 6.04 Å². The van der Waals surface area contributed by atoms with Crippen molar-refractivity contribution in [2.45, 2.75) is 83.1 Å². The smallest absolute Gasteiger partial charge is 0.412 e. The third-order valence-corrected chi connectivity index (χ3v) is 6.48. The molecule has 0 aromatic carbocycles. The molecule has 28 heavy (non-hydrogen) atoms. The van der Waals surface area contributed by atoms with Crippen LogP contribution in [0.5, 0.6) is 0 Å². The van der Waals surface area contributed by atoms with Crippen LogP contribution in [0.15, 0.2) is 0 Å². The van der Waals surface area contributed by atoms with Crippen LogP contribution < -0.4 is 16.4 Å². The van der Waals surface area contributed by atoms with Crippen LogP contribution in [0.4, 0.5) is 0 Å². The molecule has 0 saturated heterocycles. The Kier molecular flexibility index (Phi) is 12.6. The first-order valence-electron chi connectivity index (χ1n) is 9.80. The number of nitrogens with one attached hydrogen (secondary N) is 2. The van der Waals surface area contributed by atoms with E-state index in [1.54, 1.807) is 6.92 Å². The molecule has 8 N–H and O–H groups in total. The normalized spacial score (nSPS) is 19.8. The number of carbonyl (C=O) groups is 2. The van der Waals surface area contributed by atoms with Crippen molar-refractivity contribution in [3.8, 4) is 0 Å². The van der Waals surface area contributed by atoms with Gasteiger partial charge in [0, 0.05) is 18.9 Å². The third kappa shape index (κ3) is 8.92. The van der Waals surface area contributed by atoms with Gasteiger partial charge in [0.2, 0.25) is 11.8 Å². The fraction of sp³-hybridized carbons (Fsp3) is 0.889. The third-order valence-electron chi connectivity index (χ3n) is 5.28. The highest BCUT2D eigenvalue weighted by Gasteiger charge is 2.39. The molecule has 1 aliphatic carbocycles. The summed E-state index contributed by atoms with van der Waals surface area (Å²) in [4.78, 5) is 33.6. The van der Waals surface area contributed by atoms with E-state index in [0.29, 0.717) is 0 Å². The van der Waals surface area contributed by atoms with Crippen molar-refractivity contribution in [3.05, 3.63) is 0 Å². The molecule has 1 aliphatic rings. The van der Waals surface area contributed by atoms with Gasteiger partial charge in [0.05, 0.1) is 12.1 Å². The summed E-state index contributed by atoms with van der Waals surface area (Å²) in [6, 6.07) is -1.47. The molecular weight excluding hydrogens is 385 g/mol. The predicted molar refractivity (Wildman–Crippen MR) is 108 cm³/mol. The van der Waals surface area contributed by atoms with Crippen molar-refractivity contribution in [2.75, 3.05) is 6.54 Å². The lowest BCUT2D eigenvalue weighted by Crippen LogP contribution is -2.52. The van der Waals surface area contributed by atoms with E-state index in [-0.39, 0.29) is 30.3 Å². The van der Waals surface area contributed by atoms with E-state index in [1.807, 2.05) is 13.8 Å². The maximum Gasteiger partial charge on any atom is 0.509 e. The number of aliphatic hydroxyl groups excluding tert-OH is 1. The Hall–Kier alpha value is -1.12. The van der Waals surface area contributed by atoms with Crippen LogP contribution in [0.3, 0.4) is 0 Å². The second-order valence-electron chi connectivity index (χ2n) is 7.90. The highest BCUT2D eigenvalue weighted by molar-refractivity contribution is 7.38. The van der Waals surface area contributed by atoms with Gasteiger partial charge in [0.15, 0.2) is 5.66 Å². The standard InChI is InChI=1S/C18H34N3O5P.H2O/c1-11(2)16(19)18(24)21-12(3)17(23)20-10-14(22)9-15(27(25)26)13-7-5-4-6-8-13;/h11-16,22H,4-10,19H2,1-3H3,(H2-,20,21,23,24,25,26);1H2/p+1/t12-,14+,15?,16-;/m0./s1. The zero-order valence-corrected chi connectivity index (χ0v) is 18.0. The number of aliphatic hydroxyl groups is 1. The molecule has 5 atom stereocenters. The summed E-state index contributed by atoms with van der Waals surface area (Å²) < 4.78 is 11.7. The van der Waals surface area contributed by atoms with Crippen molar-refractivity contribution >= 4 is 19.8 Å². The van der Waals surface area contributed by atoms with Gasteiger partial charge in [-0.3, -0.25) is 9.59 Å². The average Bonchev–Trinajstić information content (AvgIpc) is 2.63. The van der Waals surface area contributed by atoms with E-state index in [4.69, 9.17) is 5.73 Å². The fourth-order valence-electron chi connectivity index (χ4n) is 3.39. The van der Waals surface area contributed by atoms with Gasteiger partial charge in [-0.1, -0.05) is 33.1 Å². The summed E-state index contributed by atoms with van der Waals surface area (Å²) in [7, 11) is -2.38. The molecule has 0 aromatic rings. The molecule has 10 heteroatoms. The number of hydrogen-bond acceptors (Lipinski definition) is 5. The van der Waals surface area contributed by atoms with Crippen LogP contribution >= 0.6 is 8.03 Å². The summed E-state index contributed by atoms with van der Waals surface area (Å²) in [5.74, 6) is -0.725. The molecule has 164 valence electrons. The lowest BCUT2D eigenvalue weighted by molar-refractivity contribution is -0.129. The molecule has 1 rings (SSSR count). The van der Waals surface area contributed by atoms with E-state index in [0.717, 1.165) is 32.1 Å². The topological polar surface area (TPSA) is 173 Å². The Balaban J connectivity index is 0.00000729. The minimum Gasteiger partial charge on any atom is -0.412 e. The summed E-state index contributed by atoms with van der Waals surface area (Å²) in [5, 5.41) is 15.3. The molecule has 0 heterocycles. The fourth-order valence-corrected chi connectivity index (χ4v) is 4.48. The zero-order valence-electron chi connectivity index (χ0n) is 17.1. The first kappa shape index (κ1) is 26.9. The van der Waals surface area contributed by atoms with Gasteiger partial charge >= 0.3 is 8.03 Å². The molecule has 9 nitrogen and oxygen atoms in total. The van der Waals surface area contributed by atoms with E-state index in [2.05, 4.69) is 10.6 Å². The summed E-state index contributed by atoms with van der Waals surface area (Å²) in [6.45, 7) is 5.16. The van der Waals surface area contributed by atoms with E-state index in [9.17, 15) is 24.2 Å². The van der Waals surface area contributed by atoms with Crippen molar-refractivity contribution in [3.63, 3.8) is 0 Å². The molecule has 1 saturated carbocycles. The molecular formula is C18H37N3O6P+. The highest BCUT2D eigenvalue weighted by atomic mass is 31.1. The maximum absolute atomic E-state index is 12.1. The molecule has 0 aliphatic heterocycles. The minimum atomic E-state index is -2.38. The highest BCUT2D eigenvalue weighted by Crippen LogP contribution is 2.40. The Morgan fingerprint density at radius 3 is 2.21 bits per heavy atom. The van der Waals surface area contributed by atoms with Crippen molar-refractivity contribution in [2.24, 2.45) is 17.6 Å². The van der Waals surface area contributed by atoms with E-state index < -0.39 is 43.7 Å². The minimum absolute atomic E-state index is 0. The Labute approximate surface area is 168 Å².